The Bertz CT molecular complexity index is 1120. The van der Waals surface area contributed by atoms with Crippen LogP contribution in [0.2, 0.25) is 0 Å². The van der Waals surface area contributed by atoms with Gasteiger partial charge in [0.05, 0.1) is 19.6 Å². The zero-order valence-electron chi connectivity index (χ0n) is 16.1. The van der Waals surface area contributed by atoms with Crippen LogP contribution >= 0.6 is 0 Å². The van der Waals surface area contributed by atoms with Crippen LogP contribution in [0.25, 0.3) is 10.8 Å². The molecule has 0 fully saturated rings. The van der Waals surface area contributed by atoms with Crippen molar-refractivity contribution in [3.63, 3.8) is 0 Å². The number of carbonyl (C=O) groups is 1. The van der Waals surface area contributed by atoms with E-state index < -0.39 is 11.9 Å². The van der Waals surface area contributed by atoms with E-state index in [1.165, 1.54) is 12.1 Å². The zero-order valence-corrected chi connectivity index (χ0v) is 16.1. The molecule has 0 spiro atoms. The summed E-state index contributed by atoms with van der Waals surface area (Å²) in [5.41, 5.74) is 7.77. The largest absolute Gasteiger partial charge is 0.496 e. The highest BCUT2D eigenvalue weighted by atomic mass is 19.1. The highest BCUT2D eigenvalue weighted by Gasteiger charge is 2.37. The molecule has 0 aliphatic carbocycles. The van der Waals surface area contributed by atoms with Crippen LogP contribution in [0.15, 0.2) is 66.1 Å². The Labute approximate surface area is 167 Å². The molecule has 0 saturated carbocycles. The Morgan fingerprint density at radius 1 is 1.14 bits per heavy atom. The van der Waals surface area contributed by atoms with Gasteiger partial charge in [-0.2, -0.15) is 0 Å². The van der Waals surface area contributed by atoms with E-state index in [2.05, 4.69) is 0 Å². The molecule has 0 aromatic heterocycles. The lowest BCUT2D eigenvalue weighted by molar-refractivity contribution is -0.139. The average Bonchev–Trinajstić information content (AvgIpc) is 2.73. The standard InChI is InChI=1S/C23H20FNO4/c1-3-28-23(26)20-19(13-8-10-14(24)11-9-13)17-12-18(27-2)15-6-4-5-7-16(15)21(17)29-22(20)25/h4-12,19H,3,25H2,1-2H3/t19-/m1/s1. The van der Waals surface area contributed by atoms with E-state index in [4.69, 9.17) is 19.9 Å². The minimum Gasteiger partial charge on any atom is -0.496 e. The van der Waals surface area contributed by atoms with Crippen molar-refractivity contribution in [3.05, 3.63) is 83.0 Å². The number of esters is 1. The van der Waals surface area contributed by atoms with Crippen LogP contribution in [0.4, 0.5) is 4.39 Å². The molecule has 1 atom stereocenters. The molecule has 5 nitrogen and oxygen atoms in total. The van der Waals surface area contributed by atoms with Gasteiger partial charge in [-0.25, -0.2) is 9.18 Å². The highest BCUT2D eigenvalue weighted by Crippen LogP contribution is 2.48. The summed E-state index contributed by atoms with van der Waals surface area (Å²) in [6, 6.07) is 15.4. The number of hydrogen-bond acceptors (Lipinski definition) is 5. The quantitative estimate of drug-likeness (QED) is 0.671. The molecule has 29 heavy (non-hydrogen) atoms. The van der Waals surface area contributed by atoms with Gasteiger partial charge in [-0.15, -0.1) is 0 Å². The first-order chi connectivity index (χ1) is 14.0. The molecule has 1 aliphatic rings. The summed E-state index contributed by atoms with van der Waals surface area (Å²) >= 11 is 0. The molecular weight excluding hydrogens is 373 g/mol. The maximum Gasteiger partial charge on any atom is 0.340 e. The third-order valence-corrected chi connectivity index (χ3v) is 4.98. The topological polar surface area (TPSA) is 70.8 Å². The van der Waals surface area contributed by atoms with Crippen LogP contribution < -0.4 is 15.2 Å². The SMILES string of the molecule is CCOC(=O)C1=C(N)Oc2c(cc(OC)c3ccccc23)[C@H]1c1ccc(F)cc1. The Hall–Kier alpha value is -3.54. The first-order valence-electron chi connectivity index (χ1n) is 9.24. The van der Waals surface area contributed by atoms with Gasteiger partial charge in [0.2, 0.25) is 5.88 Å². The van der Waals surface area contributed by atoms with E-state index in [0.717, 1.165) is 10.8 Å². The van der Waals surface area contributed by atoms with Crippen LogP contribution in [0.5, 0.6) is 11.5 Å². The van der Waals surface area contributed by atoms with Gasteiger partial charge in [0, 0.05) is 16.3 Å². The van der Waals surface area contributed by atoms with Crippen molar-refractivity contribution in [1.82, 2.24) is 0 Å². The molecule has 0 saturated heterocycles. The fraction of sp³-hybridized carbons (Fsp3) is 0.174. The second kappa shape index (κ2) is 7.47. The van der Waals surface area contributed by atoms with Crippen molar-refractivity contribution in [2.24, 2.45) is 5.73 Å². The summed E-state index contributed by atoms with van der Waals surface area (Å²) in [6.45, 7) is 1.91. The van der Waals surface area contributed by atoms with Gasteiger partial charge in [-0.05, 0) is 30.7 Å². The van der Waals surface area contributed by atoms with Gasteiger partial charge in [0.25, 0.3) is 0 Å². The second-order valence-corrected chi connectivity index (χ2v) is 6.63. The van der Waals surface area contributed by atoms with Crippen molar-refractivity contribution in [1.29, 1.82) is 0 Å². The predicted molar refractivity (Wildman–Crippen MR) is 107 cm³/mol. The van der Waals surface area contributed by atoms with E-state index in [1.54, 1.807) is 26.2 Å². The monoisotopic (exact) mass is 393 g/mol. The van der Waals surface area contributed by atoms with E-state index in [1.807, 2.05) is 30.3 Å². The summed E-state index contributed by atoms with van der Waals surface area (Å²) in [4.78, 5) is 12.7. The summed E-state index contributed by atoms with van der Waals surface area (Å²) in [6.07, 6.45) is 0. The first kappa shape index (κ1) is 18.8. The third-order valence-electron chi connectivity index (χ3n) is 4.98. The number of halogens is 1. The van der Waals surface area contributed by atoms with Crippen molar-refractivity contribution in [2.75, 3.05) is 13.7 Å². The average molecular weight is 393 g/mol. The predicted octanol–water partition coefficient (Wildman–Crippen LogP) is 4.25. The van der Waals surface area contributed by atoms with Crippen LogP contribution in [0, 0.1) is 5.82 Å². The summed E-state index contributed by atoms with van der Waals surface area (Å²) in [7, 11) is 1.58. The zero-order chi connectivity index (χ0) is 20.5. The molecule has 0 amide bonds. The molecule has 1 aliphatic heterocycles. The Balaban J connectivity index is 2.02. The van der Waals surface area contributed by atoms with Crippen LogP contribution in [0.1, 0.15) is 24.0 Å². The van der Waals surface area contributed by atoms with Gasteiger partial charge < -0.3 is 19.9 Å². The van der Waals surface area contributed by atoms with Crippen molar-refractivity contribution >= 4 is 16.7 Å². The summed E-state index contributed by atoms with van der Waals surface area (Å²) in [5.74, 6) is -0.374. The normalized spacial score (nSPS) is 15.6. The fourth-order valence-electron chi connectivity index (χ4n) is 3.72. The molecule has 0 unspecified atom stereocenters. The minimum absolute atomic E-state index is 0.0272. The molecule has 3 aromatic carbocycles. The maximum absolute atomic E-state index is 13.6. The van der Waals surface area contributed by atoms with Gasteiger partial charge in [0.15, 0.2) is 0 Å². The molecular formula is C23H20FNO4. The number of benzene rings is 3. The molecule has 6 heteroatoms. The first-order valence-corrected chi connectivity index (χ1v) is 9.24. The lowest BCUT2D eigenvalue weighted by Crippen LogP contribution is -2.27. The van der Waals surface area contributed by atoms with Crippen LogP contribution in [-0.4, -0.2) is 19.7 Å². The molecule has 3 aromatic rings. The lowest BCUT2D eigenvalue weighted by atomic mass is 9.81. The van der Waals surface area contributed by atoms with Crippen molar-refractivity contribution < 1.29 is 23.4 Å². The number of hydrogen-bond donors (Lipinski definition) is 1. The number of rotatable bonds is 4. The third kappa shape index (κ3) is 3.16. The maximum atomic E-state index is 13.6. The number of carbonyl (C=O) groups excluding carboxylic acids is 1. The van der Waals surface area contributed by atoms with Gasteiger partial charge in [-0.1, -0.05) is 36.4 Å². The van der Waals surface area contributed by atoms with Gasteiger partial charge in [0.1, 0.15) is 22.9 Å². The lowest BCUT2D eigenvalue weighted by Gasteiger charge is -2.30. The van der Waals surface area contributed by atoms with E-state index >= 15 is 0 Å². The number of methoxy groups -OCH3 is 1. The minimum atomic E-state index is -0.586. The van der Waals surface area contributed by atoms with Gasteiger partial charge in [-0.3, -0.25) is 0 Å². The smallest absolute Gasteiger partial charge is 0.340 e. The molecule has 1 heterocycles. The Kier molecular flexibility index (Phi) is 4.84. The van der Waals surface area contributed by atoms with Gasteiger partial charge >= 0.3 is 5.97 Å². The van der Waals surface area contributed by atoms with E-state index in [-0.39, 0.29) is 23.9 Å². The summed E-state index contributed by atoms with van der Waals surface area (Å²) in [5, 5.41) is 1.67. The number of nitrogens with two attached hydrogens (primary N) is 1. The van der Waals surface area contributed by atoms with Crippen molar-refractivity contribution in [3.8, 4) is 11.5 Å². The number of fused-ring (bicyclic) bond motifs is 3. The highest BCUT2D eigenvalue weighted by molar-refractivity contribution is 5.98. The molecule has 4 rings (SSSR count). The Morgan fingerprint density at radius 3 is 2.48 bits per heavy atom. The molecule has 2 N–H and O–H groups in total. The van der Waals surface area contributed by atoms with E-state index in [9.17, 15) is 9.18 Å². The van der Waals surface area contributed by atoms with Crippen molar-refractivity contribution in [2.45, 2.75) is 12.8 Å². The van der Waals surface area contributed by atoms with E-state index in [0.29, 0.717) is 22.6 Å². The molecule has 0 bridgehead atoms. The summed E-state index contributed by atoms with van der Waals surface area (Å²) < 4.78 is 30.3. The molecule has 148 valence electrons. The fourth-order valence-corrected chi connectivity index (χ4v) is 3.72. The van der Waals surface area contributed by atoms with Crippen LogP contribution in [0.3, 0.4) is 0 Å². The Morgan fingerprint density at radius 2 is 1.83 bits per heavy atom. The van der Waals surface area contributed by atoms with Crippen LogP contribution in [-0.2, 0) is 9.53 Å². The number of ether oxygens (including phenoxy) is 3. The molecule has 0 radical (unpaired) electrons. The second-order valence-electron chi connectivity index (χ2n) is 6.63.